The molecule has 21 heavy (non-hydrogen) atoms. The van der Waals surface area contributed by atoms with Gasteiger partial charge in [0, 0.05) is 23.2 Å². The van der Waals surface area contributed by atoms with E-state index < -0.39 is 0 Å². The maximum absolute atomic E-state index is 8.66. The maximum atomic E-state index is 8.66. The van der Waals surface area contributed by atoms with Crippen LogP contribution in [0.25, 0.3) is 0 Å². The highest BCUT2D eigenvalue weighted by Crippen LogP contribution is 2.19. The summed E-state index contributed by atoms with van der Waals surface area (Å²) in [5.74, 6) is 0.0501. The van der Waals surface area contributed by atoms with Crippen molar-refractivity contribution in [2.75, 3.05) is 0 Å². The summed E-state index contributed by atoms with van der Waals surface area (Å²) >= 11 is 6.23. The van der Waals surface area contributed by atoms with Crippen molar-refractivity contribution in [1.29, 1.82) is 0 Å². The molecule has 110 valence electrons. The molecule has 0 bridgehead atoms. The number of rotatable bonds is 5. The minimum Gasteiger partial charge on any atom is -0.409 e. The zero-order chi connectivity index (χ0) is 15.2. The van der Waals surface area contributed by atoms with Crippen LogP contribution in [0.3, 0.4) is 0 Å². The first kappa shape index (κ1) is 15.4. The van der Waals surface area contributed by atoms with Gasteiger partial charge in [-0.2, -0.15) is 0 Å². The number of halogens is 1. The van der Waals surface area contributed by atoms with Gasteiger partial charge in [0.05, 0.1) is 0 Å². The summed E-state index contributed by atoms with van der Waals surface area (Å²) in [4.78, 5) is 0. The molecule has 0 unspecified atom stereocenters. The van der Waals surface area contributed by atoms with E-state index in [2.05, 4.69) is 29.5 Å². The standard InChI is InChI=1S/C16H18ClN3O/c1-11(12-5-3-2-4-6-12)19-10-14-8-7-13(9-15(14)17)16(18)20-21/h2-9,11,19,21H,10H2,1H3,(H2,18,20)/t11-/m1/s1. The lowest BCUT2D eigenvalue weighted by molar-refractivity contribution is 0.318. The predicted octanol–water partition coefficient (Wildman–Crippen LogP) is 3.29. The zero-order valence-electron chi connectivity index (χ0n) is 11.8. The quantitative estimate of drug-likeness (QED) is 0.343. The number of nitrogens with one attached hydrogen (secondary N) is 1. The second kappa shape index (κ2) is 7.11. The molecule has 2 aromatic carbocycles. The Morgan fingerprint density at radius 1 is 1.29 bits per heavy atom. The highest BCUT2D eigenvalue weighted by Gasteiger charge is 2.08. The van der Waals surface area contributed by atoms with E-state index in [9.17, 15) is 0 Å². The lowest BCUT2D eigenvalue weighted by Gasteiger charge is -2.15. The number of benzene rings is 2. The van der Waals surface area contributed by atoms with Crippen LogP contribution in [-0.4, -0.2) is 11.0 Å². The minimum absolute atomic E-state index is 0.0501. The number of amidine groups is 1. The van der Waals surface area contributed by atoms with Gasteiger partial charge < -0.3 is 16.3 Å². The SMILES string of the molecule is C[C@@H](NCc1ccc(/C(N)=N/O)cc1Cl)c1ccccc1. The molecule has 0 amide bonds. The van der Waals surface area contributed by atoms with E-state index in [1.54, 1.807) is 12.1 Å². The van der Waals surface area contributed by atoms with E-state index in [1.807, 2.05) is 24.3 Å². The molecular formula is C16H18ClN3O. The molecule has 0 fully saturated rings. The fourth-order valence-electron chi connectivity index (χ4n) is 2.03. The van der Waals surface area contributed by atoms with E-state index in [4.69, 9.17) is 22.5 Å². The Morgan fingerprint density at radius 3 is 2.62 bits per heavy atom. The molecule has 0 saturated heterocycles. The van der Waals surface area contributed by atoms with Gasteiger partial charge in [-0.1, -0.05) is 59.2 Å². The van der Waals surface area contributed by atoms with Gasteiger partial charge in [-0.05, 0) is 24.1 Å². The van der Waals surface area contributed by atoms with Gasteiger partial charge in [0.2, 0.25) is 0 Å². The third kappa shape index (κ3) is 3.97. The molecule has 4 nitrogen and oxygen atoms in total. The number of oxime groups is 1. The van der Waals surface area contributed by atoms with Gasteiger partial charge in [0.25, 0.3) is 0 Å². The molecule has 4 N–H and O–H groups in total. The fraction of sp³-hybridized carbons (Fsp3) is 0.188. The van der Waals surface area contributed by atoms with E-state index in [1.165, 1.54) is 5.56 Å². The normalized spacial score (nSPS) is 13.1. The van der Waals surface area contributed by atoms with Crippen LogP contribution in [0.4, 0.5) is 0 Å². The molecule has 0 spiro atoms. The summed E-state index contributed by atoms with van der Waals surface area (Å²) in [6, 6.07) is 15.8. The zero-order valence-corrected chi connectivity index (χ0v) is 12.5. The third-order valence-corrected chi connectivity index (χ3v) is 3.71. The second-order valence-corrected chi connectivity index (χ2v) is 5.21. The van der Waals surface area contributed by atoms with Gasteiger partial charge >= 0.3 is 0 Å². The van der Waals surface area contributed by atoms with Crippen LogP contribution in [0.2, 0.25) is 5.02 Å². The van der Waals surface area contributed by atoms with Crippen LogP contribution in [0.5, 0.6) is 0 Å². The highest BCUT2D eigenvalue weighted by atomic mass is 35.5. The van der Waals surface area contributed by atoms with Crippen molar-refractivity contribution in [2.45, 2.75) is 19.5 Å². The Bertz CT molecular complexity index is 629. The van der Waals surface area contributed by atoms with Crippen LogP contribution in [-0.2, 0) is 6.54 Å². The molecule has 0 aliphatic rings. The number of hydrogen-bond acceptors (Lipinski definition) is 3. The topological polar surface area (TPSA) is 70.6 Å². The van der Waals surface area contributed by atoms with Crippen LogP contribution in [0.15, 0.2) is 53.7 Å². The average molecular weight is 304 g/mol. The van der Waals surface area contributed by atoms with Crippen molar-refractivity contribution >= 4 is 17.4 Å². The molecule has 0 radical (unpaired) electrons. The van der Waals surface area contributed by atoms with Gasteiger partial charge in [0.15, 0.2) is 5.84 Å². The Labute approximate surface area is 129 Å². The molecule has 0 aliphatic heterocycles. The first-order chi connectivity index (χ1) is 10.1. The van der Waals surface area contributed by atoms with E-state index in [0.29, 0.717) is 17.1 Å². The molecule has 0 aliphatic carbocycles. The van der Waals surface area contributed by atoms with Crippen LogP contribution in [0, 0.1) is 0 Å². The lowest BCUT2D eigenvalue weighted by atomic mass is 10.1. The van der Waals surface area contributed by atoms with Crippen molar-refractivity contribution in [3.05, 3.63) is 70.2 Å². The van der Waals surface area contributed by atoms with Gasteiger partial charge in [-0.15, -0.1) is 0 Å². The summed E-state index contributed by atoms with van der Waals surface area (Å²) in [7, 11) is 0. The Kier molecular flexibility index (Phi) is 5.20. The summed E-state index contributed by atoms with van der Waals surface area (Å²) in [5, 5.41) is 15.6. The van der Waals surface area contributed by atoms with Crippen molar-refractivity contribution < 1.29 is 5.21 Å². The van der Waals surface area contributed by atoms with Crippen molar-refractivity contribution in [3.63, 3.8) is 0 Å². The molecular weight excluding hydrogens is 286 g/mol. The smallest absolute Gasteiger partial charge is 0.170 e. The summed E-state index contributed by atoms with van der Waals surface area (Å²) < 4.78 is 0. The summed E-state index contributed by atoms with van der Waals surface area (Å²) in [5.41, 5.74) is 8.33. The van der Waals surface area contributed by atoms with Gasteiger partial charge in [-0.25, -0.2) is 0 Å². The molecule has 0 heterocycles. The molecule has 1 atom stereocenters. The van der Waals surface area contributed by atoms with Crippen LogP contribution < -0.4 is 11.1 Å². The van der Waals surface area contributed by atoms with Crippen molar-refractivity contribution in [1.82, 2.24) is 5.32 Å². The van der Waals surface area contributed by atoms with E-state index in [-0.39, 0.29) is 11.9 Å². The summed E-state index contributed by atoms with van der Waals surface area (Å²) in [6.45, 7) is 2.75. The largest absolute Gasteiger partial charge is 0.409 e. The predicted molar refractivity (Wildman–Crippen MR) is 85.7 cm³/mol. The lowest BCUT2D eigenvalue weighted by Crippen LogP contribution is -2.18. The number of nitrogens with two attached hydrogens (primary N) is 1. The molecule has 0 aromatic heterocycles. The number of hydrogen-bond donors (Lipinski definition) is 3. The molecule has 2 rings (SSSR count). The molecule has 5 heteroatoms. The fourth-order valence-corrected chi connectivity index (χ4v) is 2.28. The summed E-state index contributed by atoms with van der Waals surface area (Å²) in [6.07, 6.45) is 0. The molecule has 2 aromatic rings. The highest BCUT2D eigenvalue weighted by molar-refractivity contribution is 6.31. The third-order valence-electron chi connectivity index (χ3n) is 3.35. The van der Waals surface area contributed by atoms with Crippen molar-refractivity contribution in [2.24, 2.45) is 10.9 Å². The van der Waals surface area contributed by atoms with E-state index in [0.717, 1.165) is 5.56 Å². The van der Waals surface area contributed by atoms with Gasteiger partial charge in [0.1, 0.15) is 0 Å². The van der Waals surface area contributed by atoms with Crippen molar-refractivity contribution in [3.8, 4) is 0 Å². The number of nitrogens with zero attached hydrogens (tertiary/aromatic N) is 1. The monoisotopic (exact) mass is 303 g/mol. The van der Waals surface area contributed by atoms with E-state index >= 15 is 0 Å². The van der Waals surface area contributed by atoms with Gasteiger partial charge in [-0.3, -0.25) is 0 Å². The Morgan fingerprint density at radius 2 is 2.00 bits per heavy atom. The Balaban J connectivity index is 2.04. The Hall–Kier alpha value is -2.04. The maximum Gasteiger partial charge on any atom is 0.170 e. The molecule has 0 saturated carbocycles. The van der Waals surface area contributed by atoms with Crippen LogP contribution in [0.1, 0.15) is 29.7 Å². The first-order valence-electron chi connectivity index (χ1n) is 6.66. The first-order valence-corrected chi connectivity index (χ1v) is 7.04. The second-order valence-electron chi connectivity index (χ2n) is 4.80. The van der Waals surface area contributed by atoms with Crippen LogP contribution >= 0.6 is 11.6 Å². The average Bonchev–Trinajstić information content (AvgIpc) is 2.53. The minimum atomic E-state index is 0.0501.